The minimum Gasteiger partial charge on any atom is -0.0622 e. The van der Waals surface area contributed by atoms with E-state index in [4.69, 9.17) is 0 Å². The number of benzene rings is 2. The van der Waals surface area contributed by atoms with Crippen molar-refractivity contribution in [2.24, 2.45) is 0 Å². The second-order valence-electron chi connectivity index (χ2n) is 3.84. The Morgan fingerprint density at radius 2 is 1.31 bits per heavy atom. The van der Waals surface area contributed by atoms with Crippen LogP contribution >= 0.6 is 0 Å². The van der Waals surface area contributed by atoms with Gasteiger partial charge in [-0.05, 0) is 23.1 Å². The first kappa shape index (κ1) is 10.7. The van der Waals surface area contributed by atoms with E-state index >= 15 is 0 Å². The van der Waals surface area contributed by atoms with E-state index in [1.54, 1.807) is 0 Å². The predicted molar refractivity (Wildman–Crippen MR) is 71.2 cm³/mol. The van der Waals surface area contributed by atoms with Crippen LogP contribution in [0.1, 0.15) is 23.6 Å². The van der Waals surface area contributed by atoms with Crippen LogP contribution in [0.25, 0.3) is 12.2 Å². The summed E-state index contributed by atoms with van der Waals surface area (Å²) in [6.07, 6.45) is 5.39. The van der Waals surface area contributed by atoms with E-state index in [9.17, 15) is 0 Å². The van der Waals surface area contributed by atoms with Gasteiger partial charge in [-0.25, -0.2) is 0 Å². The quantitative estimate of drug-likeness (QED) is 0.655. The predicted octanol–water partition coefficient (Wildman–Crippen LogP) is 4.42. The molecule has 0 aliphatic carbocycles. The van der Waals surface area contributed by atoms with Crippen molar-refractivity contribution in [1.29, 1.82) is 0 Å². The van der Waals surface area contributed by atoms with Crippen LogP contribution in [0.4, 0.5) is 0 Å². The Bertz CT molecular complexity index is 449. The molecule has 2 aromatic rings. The van der Waals surface area contributed by atoms with Gasteiger partial charge >= 0.3 is 0 Å². The minimum absolute atomic E-state index is 1.10. The van der Waals surface area contributed by atoms with Crippen molar-refractivity contribution in [2.45, 2.75) is 13.3 Å². The zero-order chi connectivity index (χ0) is 11.2. The number of rotatable bonds is 3. The number of aryl methyl sites for hydroxylation is 1. The summed E-state index contributed by atoms with van der Waals surface area (Å²) in [5.41, 5.74) is 3.87. The van der Waals surface area contributed by atoms with E-state index in [2.05, 4.69) is 67.6 Å². The molecule has 0 saturated carbocycles. The van der Waals surface area contributed by atoms with Crippen LogP contribution in [0.3, 0.4) is 0 Å². The van der Waals surface area contributed by atoms with Crippen LogP contribution < -0.4 is 0 Å². The first-order chi connectivity index (χ1) is 7.88. The number of hydrogen-bond donors (Lipinski definition) is 0. The largest absolute Gasteiger partial charge is 0.0622 e. The summed E-state index contributed by atoms with van der Waals surface area (Å²) in [7, 11) is 0. The van der Waals surface area contributed by atoms with E-state index in [0.29, 0.717) is 0 Å². The molecule has 2 aromatic carbocycles. The van der Waals surface area contributed by atoms with Gasteiger partial charge in [0.05, 0.1) is 0 Å². The topological polar surface area (TPSA) is 0 Å². The van der Waals surface area contributed by atoms with Crippen LogP contribution in [-0.4, -0.2) is 0 Å². The third-order valence-corrected chi connectivity index (χ3v) is 2.66. The van der Waals surface area contributed by atoms with Gasteiger partial charge < -0.3 is 0 Å². The SMILES string of the molecule is CCc1ccc(/C=C/c2ccccc2)cc1. The van der Waals surface area contributed by atoms with Gasteiger partial charge in [0.1, 0.15) is 0 Å². The molecule has 0 fully saturated rings. The maximum atomic E-state index is 2.19. The van der Waals surface area contributed by atoms with Gasteiger partial charge in [0.25, 0.3) is 0 Å². The molecule has 2 rings (SSSR count). The molecule has 0 aliphatic heterocycles. The summed E-state index contributed by atoms with van der Waals surface area (Å²) < 4.78 is 0. The Labute approximate surface area is 97.3 Å². The fourth-order valence-electron chi connectivity index (χ4n) is 1.62. The lowest BCUT2D eigenvalue weighted by Gasteiger charge is -1.97. The fourth-order valence-corrected chi connectivity index (χ4v) is 1.62. The molecule has 0 saturated heterocycles. The summed E-state index contributed by atoms with van der Waals surface area (Å²) in [4.78, 5) is 0. The van der Waals surface area contributed by atoms with Crippen molar-refractivity contribution in [3.63, 3.8) is 0 Å². The fraction of sp³-hybridized carbons (Fsp3) is 0.125. The monoisotopic (exact) mass is 208 g/mol. The third kappa shape index (κ3) is 2.83. The zero-order valence-corrected chi connectivity index (χ0v) is 9.56. The molecule has 0 amide bonds. The average molecular weight is 208 g/mol. The molecule has 0 radical (unpaired) electrons. The summed E-state index contributed by atoms with van der Waals surface area (Å²) in [6, 6.07) is 19.1. The standard InChI is InChI=1S/C16H16/c1-2-14-8-10-16(11-9-14)13-12-15-6-4-3-5-7-15/h3-13H,2H2,1H3/b13-12+. The summed E-state index contributed by atoms with van der Waals surface area (Å²) in [5, 5.41) is 0. The molecule has 16 heavy (non-hydrogen) atoms. The molecule has 0 N–H and O–H groups in total. The van der Waals surface area contributed by atoms with Gasteiger partial charge in [0.15, 0.2) is 0 Å². The molecule has 0 aliphatic rings. The van der Waals surface area contributed by atoms with Crippen molar-refractivity contribution in [3.05, 3.63) is 71.3 Å². The Hall–Kier alpha value is -1.82. The van der Waals surface area contributed by atoms with E-state index in [0.717, 1.165) is 6.42 Å². The lowest BCUT2D eigenvalue weighted by atomic mass is 10.1. The maximum absolute atomic E-state index is 2.19. The highest BCUT2D eigenvalue weighted by atomic mass is 13.9. The molecule has 80 valence electrons. The molecule has 0 atom stereocenters. The minimum atomic E-state index is 1.10. The Balaban J connectivity index is 2.12. The summed E-state index contributed by atoms with van der Waals surface area (Å²) >= 11 is 0. The van der Waals surface area contributed by atoms with Gasteiger partial charge in [-0.2, -0.15) is 0 Å². The third-order valence-electron chi connectivity index (χ3n) is 2.66. The molecule has 0 heteroatoms. The zero-order valence-electron chi connectivity index (χ0n) is 9.56. The van der Waals surface area contributed by atoms with Crippen LogP contribution in [0.5, 0.6) is 0 Å². The molecular weight excluding hydrogens is 192 g/mol. The second-order valence-corrected chi connectivity index (χ2v) is 3.84. The normalized spacial score (nSPS) is 10.8. The van der Waals surface area contributed by atoms with E-state index in [-0.39, 0.29) is 0 Å². The van der Waals surface area contributed by atoms with E-state index in [1.807, 2.05) is 6.07 Å². The number of hydrogen-bond acceptors (Lipinski definition) is 0. The smallest absolute Gasteiger partial charge is 0.0256 e. The highest BCUT2D eigenvalue weighted by Gasteiger charge is 1.89. The van der Waals surface area contributed by atoms with Crippen molar-refractivity contribution in [3.8, 4) is 0 Å². The Morgan fingerprint density at radius 1 is 0.750 bits per heavy atom. The highest BCUT2D eigenvalue weighted by molar-refractivity contribution is 5.69. The van der Waals surface area contributed by atoms with Gasteiger partial charge in [-0.3, -0.25) is 0 Å². The van der Waals surface area contributed by atoms with Crippen molar-refractivity contribution < 1.29 is 0 Å². The summed E-state index contributed by atoms with van der Waals surface area (Å²) in [5.74, 6) is 0. The van der Waals surface area contributed by atoms with E-state index in [1.165, 1.54) is 16.7 Å². The van der Waals surface area contributed by atoms with Gasteiger partial charge in [-0.1, -0.05) is 73.7 Å². The molecule has 0 heterocycles. The van der Waals surface area contributed by atoms with Crippen LogP contribution in [0.15, 0.2) is 54.6 Å². The highest BCUT2D eigenvalue weighted by Crippen LogP contribution is 2.09. The van der Waals surface area contributed by atoms with E-state index < -0.39 is 0 Å². The first-order valence-corrected chi connectivity index (χ1v) is 5.70. The van der Waals surface area contributed by atoms with Gasteiger partial charge in [0, 0.05) is 0 Å². The molecule has 0 nitrogen and oxygen atoms in total. The van der Waals surface area contributed by atoms with Gasteiger partial charge in [0.2, 0.25) is 0 Å². The Kier molecular flexibility index (Phi) is 3.55. The van der Waals surface area contributed by atoms with Crippen LogP contribution in [-0.2, 0) is 6.42 Å². The molecule has 0 bridgehead atoms. The summed E-state index contributed by atoms with van der Waals surface area (Å²) in [6.45, 7) is 2.18. The van der Waals surface area contributed by atoms with Crippen molar-refractivity contribution in [2.75, 3.05) is 0 Å². The molecule has 0 unspecified atom stereocenters. The molecular formula is C16H16. The second kappa shape index (κ2) is 5.32. The van der Waals surface area contributed by atoms with Crippen molar-refractivity contribution in [1.82, 2.24) is 0 Å². The average Bonchev–Trinajstić information content (AvgIpc) is 2.38. The van der Waals surface area contributed by atoms with Crippen LogP contribution in [0, 0.1) is 0 Å². The van der Waals surface area contributed by atoms with Crippen LogP contribution in [0.2, 0.25) is 0 Å². The first-order valence-electron chi connectivity index (χ1n) is 5.70. The maximum Gasteiger partial charge on any atom is -0.0256 e. The lowest BCUT2D eigenvalue weighted by molar-refractivity contribution is 1.14. The van der Waals surface area contributed by atoms with Gasteiger partial charge in [-0.15, -0.1) is 0 Å². The molecule has 0 spiro atoms. The Morgan fingerprint density at radius 3 is 1.88 bits per heavy atom. The van der Waals surface area contributed by atoms with Crippen molar-refractivity contribution >= 4 is 12.2 Å². The lowest BCUT2D eigenvalue weighted by Crippen LogP contribution is -1.79. The molecule has 0 aromatic heterocycles.